The molecule has 0 aliphatic rings. The van der Waals surface area contributed by atoms with Crippen molar-refractivity contribution in [2.24, 2.45) is 0 Å². The van der Waals surface area contributed by atoms with E-state index in [1.54, 1.807) is 19.2 Å². The lowest BCUT2D eigenvalue weighted by molar-refractivity contribution is -0.137. The lowest BCUT2D eigenvalue weighted by Gasteiger charge is -2.14. The Kier molecular flexibility index (Phi) is 5.97. The summed E-state index contributed by atoms with van der Waals surface area (Å²) in [5.74, 6) is 0. The molecular weight excluding hydrogens is 449 g/mol. The van der Waals surface area contributed by atoms with E-state index in [4.69, 9.17) is 0 Å². The molecule has 170 valence electrons. The van der Waals surface area contributed by atoms with E-state index < -0.39 is 26.8 Å². The fourth-order valence-electron chi connectivity index (χ4n) is 3.65. The van der Waals surface area contributed by atoms with Gasteiger partial charge >= 0.3 is 6.18 Å². The highest BCUT2D eigenvalue weighted by Gasteiger charge is 2.30. The standard InChI is InChI=1S/C25H21F3N2O2S/c1-16(33(2,31)32)11-17-12-20-7-4-10-29-24(20)22(13-17)18-5-3-6-19(14-18)23-9-8-21(15-30-23)25(26,27)28/h3-10,12-16H,11H2,1-2H3. The molecule has 0 amide bonds. The molecule has 0 N–H and O–H groups in total. The highest BCUT2D eigenvalue weighted by molar-refractivity contribution is 7.91. The monoisotopic (exact) mass is 470 g/mol. The molecule has 0 aliphatic carbocycles. The highest BCUT2D eigenvalue weighted by atomic mass is 32.2. The van der Waals surface area contributed by atoms with Gasteiger partial charge in [0.25, 0.3) is 0 Å². The molecule has 4 nitrogen and oxygen atoms in total. The Balaban J connectivity index is 1.79. The van der Waals surface area contributed by atoms with Gasteiger partial charge in [-0.15, -0.1) is 0 Å². The van der Waals surface area contributed by atoms with E-state index in [9.17, 15) is 21.6 Å². The van der Waals surface area contributed by atoms with Crippen molar-refractivity contribution in [1.29, 1.82) is 0 Å². The molecule has 33 heavy (non-hydrogen) atoms. The molecule has 2 heterocycles. The molecule has 8 heteroatoms. The fraction of sp³-hybridized carbons (Fsp3) is 0.200. The van der Waals surface area contributed by atoms with Gasteiger partial charge in [-0.2, -0.15) is 13.2 Å². The van der Waals surface area contributed by atoms with Crippen LogP contribution in [0.5, 0.6) is 0 Å². The van der Waals surface area contributed by atoms with Crippen LogP contribution in [-0.2, 0) is 22.4 Å². The second-order valence-corrected chi connectivity index (χ2v) is 10.5. The summed E-state index contributed by atoms with van der Waals surface area (Å²) in [5.41, 5.74) is 3.53. The smallest absolute Gasteiger partial charge is 0.256 e. The number of nitrogens with zero attached hydrogens (tertiary/aromatic N) is 2. The normalized spacial score (nSPS) is 13.2. The second-order valence-electron chi connectivity index (χ2n) is 8.07. The van der Waals surface area contributed by atoms with Gasteiger partial charge in [0, 0.05) is 35.2 Å². The van der Waals surface area contributed by atoms with Crippen molar-refractivity contribution in [3.05, 3.63) is 84.2 Å². The van der Waals surface area contributed by atoms with E-state index in [0.717, 1.165) is 39.9 Å². The van der Waals surface area contributed by atoms with E-state index in [-0.39, 0.29) is 0 Å². The molecule has 2 aromatic heterocycles. The van der Waals surface area contributed by atoms with Crippen molar-refractivity contribution in [2.45, 2.75) is 24.8 Å². The Labute approximate surface area is 190 Å². The van der Waals surface area contributed by atoms with Gasteiger partial charge in [0.05, 0.1) is 22.0 Å². The molecule has 1 atom stereocenters. The second kappa shape index (κ2) is 8.59. The number of sulfone groups is 1. The van der Waals surface area contributed by atoms with Crippen molar-refractivity contribution in [3.63, 3.8) is 0 Å². The van der Waals surface area contributed by atoms with Gasteiger partial charge < -0.3 is 0 Å². The topological polar surface area (TPSA) is 59.9 Å². The molecule has 2 aromatic carbocycles. The Bertz CT molecular complexity index is 1420. The van der Waals surface area contributed by atoms with Gasteiger partial charge in [-0.1, -0.05) is 24.3 Å². The molecule has 0 bridgehead atoms. The Morgan fingerprint density at radius 3 is 2.36 bits per heavy atom. The number of alkyl halides is 3. The summed E-state index contributed by atoms with van der Waals surface area (Å²) in [5, 5.41) is 0.339. The third kappa shape index (κ3) is 5.06. The fourth-order valence-corrected chi connectivity index (χ4v) is 4.15. The van der Waals surface area contributed by atoms with Crippen LogP contribution in [0.4, 0.5) is 13.2 Å². The van der Waals surface area contributed by atoms with Crippen molar-refractivity contribution < 1.29 is 21.6 Å². The zero-order valence-corrected chi connectivity index (χ0v) is 18.8. The predicted octanol–water partition coefficient (Wildman–Crippen LogP) is 5.96. The predicted molar refractivity (Wildman–Crippen MR) is 123 cm³/mol. The van der Waals surface area contributed by atoms with Crippen LogP contribution in [0.25, 0.3) is 33.3 Å². The van der Waals surface area contributed by atoms with Crippen LogP contribution in [0.1, 0.15) is 18.1 Å². The summed E-state index contributed by atoms with van der Waals surface area (Å²) in [4.78, 5) is 8.50. The summed E-state index contributed by atoms with van der Waals surface area (Å²) in [7, 11) is -3.19. The van der Waals surface area contributed by atoms with Crippen molar-refractivity contribution >= 4 is 20.7 Å². The van der Waals surface area contributed by atoms with Crippen molar-refractivity contribution in [2.75, 3.05) is 6.26 Å². The lowest BCUT2D eigenvalue weighted by atomic mass is 9.95. The summed E-state index contributed by atoms with van der Waals surface area (Å²) in [6, 6.07) is 17.3. The maximum absolute atomic E-state index is 12.9. The number of benzene rings is 2. The number of hydrogen-bond donors (Lipinski definition) is 0. The minimum Gasteiger partial charge on any atom is -0.256 e. The van der Waals surface area contributed by atoms with Crippen LogP contribution >= 0.6 is 0 Å². The molecule has 4 rings (SSSR count). The maximum Gasteiger partial charge on any atom is 0.417 e. The number of aromatic nitrogens is 2. The molecule has 0 fully saturated rings. The maximum atomic E-state index is 12.9. The molecule has 0 aliphatic heterocycles. The summed E-state index contributed by atoms with van der Waals surface area (Å²) in [6.45, 7) is 1.68. The average molecular weight is 471 g/mol. The highest BCUT2D eigenvalue weighted by Crippen LogP contribution is 2.33. The molecule has 0 saturated heterocycles. The van der Waals surface area contributed by atoms with E-state index in [0.29, 0.717) is 17.7 Å². The van der Waals surface area contributed by atoms with Crippen molar-refractivity contribution in [1.82, 2.24) is 9.97 Å². The number of rotatable bonds is 5. The minimum absolute atomic E-state index is 0.358. The number of fused-ring (bicyclic) bond motifs is 1. The van der Waals surface area contributed by atoms with E-state index >= 15 is 0 Å². The Morgan fingerprint density at radius 2 is 1.70 bits per heavy atom. The lowest BCUT2D eigenvalue weighted by Crippen LogP contribution is -2.18. The van der Waals surface area contributed by atoms with Crippen LogP contribution in [-0.4, -0.2) is 29.9 Å². The van der Waals surface area contributed by atoms with Gasteiger partial charge in [-0.05, 0) is 60.9 Å². The van der Waals surface area contributed by atoms with Crippen LogP contribution in [0.15, 0.2) is 73.1 Å². The minimum atomic E-state index is -4.44. The van der Waals surface area contributed by atoms with E-state index in [1.165, 1.54) is 12.3 Å². The molecule has 0 radical (unpaired) electrons. The summed E-state index contributed by atoms with van der Waals surface area (Å²) >= 11 is 0. The Hall–Kier alpha value is -3.26. The van der Waals surface area contributed by atoms with E-state index in [2.05, 4.69) is 9.97 Å². The largest absolute Gasteiger partial charge is 0.417 e. The number of halogens is 3. The molecular formula is C25H21F3N2O2S. The first-order chi connectivity index (χ1) is 15.5. The molecule has 1 unspecified atom stereocenters. The van der Waals surface area contributed by atoms with Gasteiger partial charge in [0.1, 0.15) is 9.84 Å². The first kappa shape index (κ1) is 22.9. The van der Waals surface area contributed by atoms with Gasteiger partial charge in [-0.3, -0.25) is 9.97 Å². The Morgan fingerprint density at radius 1 is 0.939 bits per heavy atom. The van der Waals surface area contributed by atoms with Crippen LogP contribution < -0.4 is 0 Å². The van der Waals surface area contributed by atoms with Gasteiger partial charge in [-0.25, -0.2) is 8.42 Å². The van der Waals surface area contributed by atoms with Gasteiger partial charge in [0.2, 0.25) is 0 Å². The summed E-state index contributed by atoms with van der Waals surface area (Å²) < 4.78 is 62.5. The molecule has 0 spiro atoms. The van der Waals surface area contributed by atoms with Crippen LogP contribution in [0.2, 0.25) is 0 Å². The van der Waals surface area contributed by atoms with Crippen LogP contribution in [0.3, 0.4) is 0 Å². The number of pyridine rings is 2. The third-order valence-corrected chi connectivity index (χ3v) is 7.21. The van der Waals surface area contributed by atoms with E-state index in [1.807, 2.05) is 42.5 Å². The van der Waals surface area contributed by atoms with Crippen molar-refractivity contribution in [3.8, 4) is 22.4 Å². The molecule has 0 saturated carbocycles. The third-order valence-electron chi connectivity index (χ3n) is 5.58. The zero-order valence-electron chi connectivity index (χ0n) is 18.0. The first-order valence-electron chi connectivity index (χ1n) is 10.2. The first-order valence-corrected chi connectivity index (χ1v) is 12.2. The zero-order chi connectivity index (χ0) is 23.8. The molecule has 4 aromatic rings. The number of hydrogen-bond acceptors (Lipinski definition) is 4. The van der Waals surface area contributed by atoms with Crippen LogP contribution in [0, 0.1) is 0 Å². The average Bonchev–Trinajstić information content (AvgIpc) is 2.77. The quantitative estimate of drug-likeness (QED) is 0.361. The van der Waals surface area contributed by atoms with Gasteiger partial charge in [0.15, 0.2) is 0 Å². The SMILES string of the molecule is CC(Cc1cc(-c2cccc(-c3ccc(C(F)(F)F)cn3)c2)c2ncccc2c1)S(C)(=O)=O. The summed E-state index contributed by atoms with van der Waals surface area (Å²) in [6.07, 6.45) is -0.349.